The van der Waals surface area contributed by atoms with Crippen LogP contribution in [0, 0.1) is 0 Å². The Kier molecular flexibility index (Phi) is 9.05. The van der Waals surface area contributed by atoms with Crippen LogP contribution in [0.3, 0.4) is 0 Å². The number of carbonyl (C=O) groups excluding carboxylic acids is 3. The molecule has 0 aromatic heterocycles. The number of carbonyl (C=O) groups is 3. The van der Waals surface area contributed by atoms with Crippen LogP contribution >= 0.6 is 27.5 Å². The van der Waals surface area contributed by atoms with Crippen molar-refractivity contribution < 1.29 is 23.9 Å². The van der Waals surface area contributed by atoms with Gasteiger partial charge in [-0.1, -0.05) is 31.4 Å². The van der Waals surface area contributed by atoms with Crippen molar-refractivity contribution in [1.82, 2.24) is 10.2 Å². The van der Waals surface area contributed by atoms with Crippen LogP contribution in [0.4, 0.5) is 0 Å². The summed E-state index contributed by atoms with van der Waals surface area (Å²) >= 11 is 9.21. The van der Waals surface area contributed by atoms with E-state index in [-0.39, 0.29) is 24.8 Å². The van der Waals surface area contributed by atoms with Crippen molar-refractivity contribution in [3.8, 4) is 5.75 Å². The first kappa shape index (κ1) is 22.5. The Morgan fingerprint density at radius 1 is 1.36 bits per heavy atom. The molecule has 2 amide bonds. The predicted octanol–water partition coefficient (Wildman–Crippen LogP) is 2.93. The SMILES string of the molecule is CCCCCOC(=O)CC1C(=O)NCCN1C(=O)COc1ccc(Cl)cc1Br. The zero-order valence-electron chi connectivity index (χ0n) is 15.7. The van der Waals surface area contributed by atoms with Gasteiger partial charge in [0.15, 0.2) is 6.61 Å². The third-order valence-corrected chi connectivity index (χ3v) is 5.12. The zero-order valence-corrected chi connectivity index (χ0v) is 18.1. The van der Waals surface area contributed by atoms with Gasteiger partial charge in [-0.3, -0.25) is 14.4 Å². The second-order valence-corrected chi connectivity index (χ2v) is 7.68. The van der Waals surface area contributed by atoms with Crippen molar-refractivity contribution in [3.05, 3.63) is 27.7 Å². The smallest absolute Gasteiger partial charge is 0.308 e. The second-order valence-electron chi connectivity index (χ2n) is 6.39. The Morgan fingerprint density at radius 2 is 2.14 bits per heavy atom. The predicted molar refractivity (Wildman–Crippen MR) is 108 cm³/mol. The summed E-state index contributed by atoms with van der Waals surface area (Å²) in [6.07, 6.45) is 2.61. The van der Waals surface area contributed by atoms with E-state index in [1.807, 2.05) is 0 Å². The molecule has 28 heavy (non-hydrogen) atoms. The molecule has 0 spiro atoms. The van der Waals surface area contributed by atoms with Gasteiger partial charge in [0.2, 0.25) is 5.91 Å². The Hall–Kier alpha value is -1.80. The lowest BCUT2D eigenvalue weighted by Gasteiger charge is -2.34. The molecule has 1 aromatic rings. The van der Waals surface area contributed by atoms with Crippen molar-refractivity contribution >= 4 is 45.3 Å². The molecule has 1 aliphatic heterocycles. The van der Waals surface area contributed by atoms with Crippen molar-refractivity contribution in [3.63, 3.8) is 0 Å². The number of hydrogen-bond acceptors (Lipinski definition) is 5. The van der Waals surface area contributed by atoms with Gasteiger partial charge in [0.25, 0.3) is 5.91 Å². The number of ether oxygens (including phenoxy) is 2. The summed E-state index contributed by atoms with van der Waals surface area (Å²) in [5.74, 6) is -0.762. The first-order chi connectivity index (χ1) is 13.4. The highest BCUT2D eigenvalue weighted by Crippen LogP contribution is 2.28. The topological polar surface area (TPSA) is 84.9 Å². The molecule has 0 aliphatic carbocycles. The molecular formula is C19H24BrClN2O5. The molecule has 0 bridgehead atoms. The summed E-state index contributed by atoms with van der Waals surface area (Å²) in [4.78, 5) is 38.2. The summed E-state index contributed by atoms with van der Waals surface area (Å²) in [6, 6.07) is 4.07. The summed E-state index contributed by atoms with van der Waals surface area (Å²) < 4.78 is 11.3. The number of amides is 2. The van der Waals surface area contributed by atoms with Crippen molar-refractivity contribution in [2.75, 3.05) is 26.3 Å². The minimum absolute atomic E-state index is 0.172. The number of piperazine rings is 1. The molecule has 0 radical (unpaired) electrons. The van der Waals surface area contributed by atoms with E-state index in [2.05, 4.69) is 28.2 Å². The highest BCUT2D eigenvalue weighted by atomic mass is 79.9. The molecule has 1 unspecified atom stereocenters. The molecular weight excluding hydrogens is 452 g/mol. The fourth-order valence-corrected chi connectivity index (χ4v) is 3.58. The molecule has 1 saturated heterocycles. The summed E-state index contributed by atoms with van der Waals surface area (Å²) in [6.45, 7) is 2.77. The Bertz CT molecular complexity index is 716. The third kappa shape index (κ3) is 6.67. The lowest BCUT2D eigenvalue weighted by Crippen LogP contribution is -2.58. The van der Waals surface area contributed by atoms with E-state index in [1.54, 1.807) is 18.2 Å². The van der Waals surface area contributed by atoms with Gasteiger partial charge in [0.05, 0.1) is 17.5 Å². The van der Waals surface area contributed by atoms with E-state index in [0.717, 1.165) is 19.3 Å². The summed E-state index contributed by atoms with van der Waals surface area (Å²) in [7, 11) is 0. The molecule has 1 fully saturated rings. The van der Waals surface area contributed by atoms with E-state index in [0.29, 0.717) is 34.9 Å². The first-order valence-electron chi connectivity index (χ1n) is 9.23. The first-order valence-corrected chi connectivity index (χ1v) is 10.4. The van der Waals surface area contributed by atoms with Crippen LogP contribution in [0.2, 0.25) is 5.02 Å². The van der Waals surface area contributed by atoms with Crippen LogP contribution in [0.15, 0.2) is 22.7 Å². The largest absolute Gasteiger partial charge is 0.483 e. The van der Waals surface area contributed by atoms with Crippen molar-refractivity contribution in [2.45, 2.75) is 38.6 Å². The number of nitrogens with zero attached hydrogens (tertiary/aromatic N) is 1. The number of hydrogen-bond donors (Lipinski definition) is 1. The number of esters is 1. The molecule has 154 valence electrons. The molecule has 1 N–H and O–H groups in total. The minimum atomic E-state index is -0.891. The third-order valence-electron chi connectivity index (χ3n) is 4.27. The average molecular weight is 476 g/mol. The van der Waals surface area contributed by atoms with Gasteiger partial charge in [-0.05, 0) is 40.5 Å². The summed E-state index contributed by atoms with van der Waals surface area (Å²) in [5.41, 5.74) is 0. The number of unbranched alkanes of at least 4 members (excludes halogenated alkanes) is 2. The van der Waals surface area contributed by atoms with E-state index in [9.17, 15) is 14.4 Å². The maximum atomic E-state index is 12.6. The fraction of sp³-hybridized carbons (Fsp3) is 0.526. The van der Waals surface area contributed by atoms with Crippen LogP contribution in [0.5, 0.6) is 5.75 Å². The maximum Gasteiger partial charge on any atom is 0.308 e. The summed E-state index contributed by atoms with van der Waals surface area (Å²) in [5, 5.41) is 3.22. The lowest BCUT2D eigenvalue weighted by atomic mass is 10.1. The lowest BCUT2D eigenvalue weighted by molar-refractivity contribution is -0.152. The quantitative estimate of drug-likeness (QED) is 0.438. The molecule has 9 heteroatoms. The average Bonchev–Trinajstić information content (AvgIpc) is 2.66. The standard InChI is InChI=1S/C19H24BrClN2O5/c1-2-3-4-9-27-18(25)11-15-19(26)22-7-8-23(15)17(24)12-28-16-6-5-13(21)10-14(16)20/h5-6,10,15H,2-4,7-9,11-12H2,1H3,(H,22,26). The highest BCUT2D eigenvalue weighted by molar-refractivity contribution is 9.10. The van der Waals surface area contributed by atoms with Crippen molar-refractivity contribution in [2.24, 2.45) is 0 Å². The van der Waals surface area contributed by atoms with Crippen LogP contribution in [0.25, 0.3) is 0 Å². The molecule has 1 aliphatic rings. The van der Waals surface area contributed by atoms with Gasteiger partial charge in [-0.15, -0.1) is 0 Å². The molecule has 1 heterocycles. The second kappa shape index (κ2) is 11.3. The van der Waals surface area contributed by atoms with Crippen molar-refractivity contribution in [1.29, 1.82) is 0 Å². The maximum absolute atomic E-state index is 12.6. The normalized spacial score (nSPS) is 16.5. The van der Waals surface area contributed by atoms with Crippen LogP contribution in [0.1, 0.15) is 32.6 Å². The van der Waals surface area contributed by atoms with Crippen LogP contribution < -0.4 is 10.1 Å². The number of nitrogens with one attached hydrogen (secondary N) is 1. The molecule has 2 rings (SSSR count). The highest BCUT2D eigenvalue weighted by Gasteiger charge is 2.35. The van der Waals surface area contributed by atoms with Gasteiger partial charge >= 0.3 is 5.97 Å². The Balaban J connectivity index is 1.93. The van der Waals surface area contributed by atoms with Gasteiger partial charge < -0.3 is 19.7 Å². The number of halogens is 2. The van der Waals surface area contributed by atoms with Crippen LogP contribution in [-0.4, -0.2) is 55.0 Å². The van der Waals surface area contributed by atoms with E-state index >= 15 is 0 Å². The van der Waals surface area contributed by atoms with E-state index in [1.165, 1.54) is 4.90 Å². The molecule has 7 nitrogen and oxygen atoms in total. The fourth-order valence-electron chi connectivity index (χ4n) is 2.79. The Morgan fingerprint density at radius 3 is 2.86 bits per heavy atom. The van der Waals surface area contributed by atoms with Gasteiger partial charge in [-0.2, -0.15) is 0 Å². The monoisotopic (exact) mass is 474 g/mol. The van der Waals surface area contributed by atoms with Gasteiger partial charge in [-0.25, -0.2) is 0 Å². The van der Waals surface area contributed by atoms with Gasteiger partial charge in [0, 0.05) is 18.1 Å². The van der Waals surface area contributed by atoms with E-state index in [4.69, 9.17) is 21.1 Å². The Labute approximate surface area is 177 Å². The van der Waals surface area contributed by atoms with Crippen LogP contribution in [-0.2, 0) is 19.1 Å². The van der Waals surface area contributed by atoms with Gasteiger partial charge in [0.1, 0.15) is 11.8 Å². The zero-order chi connectivity index (χ0) is 20.5. The number of benzene rings is 1. The van der Waals surface area contributed by atoms with E-state index < -0.39 is 12.0 Å². The minimum Gasteiger partial charge on any atom is -0.483 e. The molecule has 1 aromatic carbocycles. The molecule has 0 saturated carbocycles. The number of rotatable bonds is 9. The molecule has 1 atom stereocenters.